The summed E-state index contributed by atoms with van der Waals surface area (Å²) in [6.07, 6.45) is 1.10. The highest BCUT2D eigenvalue weighted by Gasteiger charge is 2.32. The van der Waals surface area contributed by atoms with Crippen LogP contribution in [0.25, 0.3) is 0 Å². The van der Waals surface area contributed by atoms with Crippen LogP contribution in [0.3, 0.4) is 0 Å². The minimum atomic E-state index is -0.475. The number of hydrogen-bond donors (Lipinski definition) is 0. The summed E-state index contributed by atoms with van der Waals surface area (Å²) < 4.78 is 11.2. The maximum atomic E-state index is 12.3. The first-order chi connectivity index (χ1) is 11.7. The van der Waals surface area contributed by atoms with E-state index >= 15 is 0 Å². The van der Waals surface area contributed by atoms with E-state index in [-0.39, 0.29) is 24.5 Å². The van der Waals surface area contributed by atoms with Crippen molar-refractivity contribution in [1.82, 2.24) is 4.90 Å². The van der Waals surface area contributed by atoms with E-state index in [1.165, 1.54) is 5.56 Å². The zero-order valence-electron chi connectivity index (χ0n) is 16.9. The molecule has 0 fully saturated rings. The Labute approximate surface area is 153 Å². The molecule has 0 amide bonds. The molecule has 0 bridgehead atoms. The van der Waals surface area contributed by atoms with Crippen molar-refractivity contribution in [3.63, 3.8) is 0 Å². The van der Waals surface area contributed by atoms with Crippen molar-refractivity contribution in [3.8, 4) is 0 Å². The SMILES string of the molecule is CCC(C)C(C(CC(=O)OC(C)(C)C)OC)N(C)Cc1ccccc1. The van der Waals surface area contributed by atoms with E-state index in [0.29, 0.717) is 5.92 Å². The molecule has 0 saturated heterocycles. The van der Waals surface area contributed by atoms with Crippen molar-refractivity contribution in [2.24, 2.45) is 5.92 Å². The van der Waals surface area contributed by atoms with Crippen molar-refractivity contribution < 1.29 is 14.3 Å². The maximum absolute atomic E-state index is 12.3. The molecule has 1 aromatic rings. The summed E-state index contributed by atoms with van der Waals surface area (Å²) in [7, 11) is 3.78. The standard InChI is InChI=1S/C21H35NO3/c1-8-16(2)20(22(6)15-17-12-10-9-11-13-17)18(24-7)14-19(23)25-21(3,4)5/h9-13,16,18,20H,8,14-15H2,1-7H3. The molecule has 3 atom stereocenters. The van der Waals surface area contributed by atoms with Gasteiger partial charge in [-0.2, -0.15) is 0 Å². The molecule has 3 unspecified atom stereocenters. The Kier molecular flexibility index (Phi) is 8.60. The molecule has 142 valence electrons. The van der Waals surface area contributed by atoms with Crippen molar-refractivity contribution in [2.45, 2.75) is 71.8 Å². The predicted octanol–water partition coefficient (Wildman–Crippen LogP) is 4.28. The highest BCUT2D eigenvalue weighted by atomic mass is 16.6. The third kappa shape index (κ3) is 7.57. The summed E-state index contributed by atoms with van der Waals surface area (Å²) in [5.74, 6) is 0.196. The van der Waals surface area contributed by atoms with Crippen LogP contribution in [0.1, 0.15) is 53.0 Å². The number of likely N-dealkylation sites (N-methyl/N-ethyl adjacent to an activating group) is 1. The van der Waals surface area contributed by atoms with Gasteiger partial charge in [0.1, 0.15) is 5.60 Å². The highest BCUT2D eigenvalue weighted by molar-refractivity contribution is 5.70. The fourth-order valence-electron chi connectivity index (χ4n) is 3.19. The second kappa shape index (κ2) is 9.93. The molecule has 25 heavy (non-hydrogen) atoms. The van der Waals surface area contributed by atoms with Gasteiger partial charge in [0.2, 0.25) is 0 Å². The van der Waals surface area contributed by atoms with E-state index in [1.807, 2.05) is 26.8 Å². The summed E-state index contributed by atoms with van der Waals surface area (Å²) in [5.41, 5.74) is 0.780. The van der Waals surface area contributed by atoms with Crippen molar-refractivity contribution in [1.29, 1.82) is 0 Å². The Balaban J connectivity index is 2.88. The summed E-state index contributed by atoms with van der Waals surface area (Å²) in [6.45, 7) is 10.9. The molecule has 0 spiro atoms. The number of carbonyl (C=O) groups is 1. The Morgan fingerprint density at radius 1 is 1.20 bits per heavy atom. The minimum Gasteiger partial charge on any atom is -0.460 e. The number of rotatable bonds is 9. The molecule has 1 aromatic carbocycles. The molecular weight excluding hydrogens is 314 g/mol. The van der Waals surface area contributed by atoms with Gasteiger partial charge in [-0.05, 0) is 39.3 Å². The zero-order chi connectivity index (χ0) is 19.0. The number of esters is 1. The first kappa shape index (κ1) is 21.7. The third-order valence-corrected chi connectivity index (χ3v) is 4.48. The molecule has 0 aromatic heterocycles. The second-order valence-electron chi connectivity index (χ2n) is 7.84. The normalized spacial score (nSPS) is 15.7. The largest absolute Gasteiger partial charge is 0.460 e. The summed E-state index contributed by atoms with van der Waals surface area (Å²) in [5, 5.41) is 0. The molecule has 1 rings (SSSR count). The Morgan fingerprint density at radius 2 is 1.80 bits per heavy atom. The topological polar surface area (TPSA) is 38.8 Å². The Hall–Kier alpha value is -1.39. The van der Waals surface area contributed by atoms with Gasteiger partial charge >= 0.3 is 5.97 Å². The fraction of sp³-hybridized carbons (Fsp3) is 0.667. The first-order valence-corrected chi connectivity index (χ1v) is 9.16. The van der Waals surface area contributed by atoms with Crippen LogP contribution in [0.15, 0.2) is 30.3 Å². The average Bonchev–Trinajstić information content (AvgIpc) is 2.53. The quantitative estimate of drug-likeness (QED) is 0.624. The monoisotopic (exact) mass is 349 g/mol. The smallest absolute Gasteiger partial charge is 0.309 e. The van der Waals surface area contributed by atoms with Gasteiger partial charge in [-0.25, -0.2) is 0 Å². The van der Waals surface area contributed by atoms with Crippen molar-refractivity contribution in [3.05, 3.63) is 35.9 Å². The van der Waals surface area contributed by atoms with Gasteiger partial charge in [0.05, 0.1) is 12.5 Å². The van der Waals surface area contributed by atoms with Gasteiger partial charge in [0, 0.05) is 19.7 Å². The number of benzene rings is 1. The summed E-state index contributed by atoms with van der Waals surface area (Å²) in [4.78, 5) is 14.6. The molecule has 0 aliphatic heterocycles. The van der Waals surface area contributed by atoms with Gasteiger partial charge in [0.25, 0.3) is 0 Å². The van der Waals surface area contributed by atoms with Gasteiger partial charge in [-0.3, -0.25) is 9.69 Å². The number of ether oxygens (including phenoxy) is 2. The Morgan fingerprint density at radius 3 is 2.28 bits per heavy atom. The van der Waals surface area contributed by atoms with E-state index in [9.17, 15) is 4.79 Å². The summed E-state index contributed by atoms with van der Waals surface area (Å²) in [6, 6.07) is 10.5. The second-order valence-corrected chi connectivity index (χ2v) is 7.84. The van der Waals surface area contributed by atoms with Crippen LogP contribution in [-0.2, 0) is 20.8 Å². The minimum absolute atomic E-state index is 0.141. The maximum Gasteiger partial charge on any atom is 0.309 e. The third-order valence-electron chi connectivity index (χ3n) is 4.48. The molecule has 4 nitrogen and oxygen atoms in total. The lowest BCUT2D eigenvalue weighted by molar-refractivity contribution is -0.159. The lowest BCUT2D eigenvalue weighted by Gasteiger charge is -2.37. The van der Waals surface area contributed by atoms with E-state index in [4.69, 9.17) is 9.47 Å². The van der Waals surface area contributed by atoms with E-state index < -0.39 is 5.60 Å². The molecular formula is C21H35NO3. The molecule has 0 N–H and O–H groups in total. The van der Waals surface area contributed by atoms with Crippen LogP contribution < -0.4 is 0 Å². The van der Waals surface area contributed by atoms with Gasteiger partial charge in [-0.15, -0.1) is 0 Å². The lowest BCUT2D eigenvalue weighted by Crippen LogP contribution is -2.47. The number of nitrogens with zero attached hydrogens (tertiary/aromatic N) is 1. The molecule has 4 heteroatoms. The van der Waals surface area contributed by atoms with Crippen molar-refractivity contribution in [2.75, 3.05) is 14.2 Å². The first-order valence-electron chi connectivity index (χ1n) is 9.16. The van der Waals surface area contributed by atoms with Crippen molar-refractivity contribution >= 4 is 5.97 Å². The molecule has 0 radical (unpaired) electrons. The highest BCUT2D eigenvalue weighted by Crippen LogP contribution is 2.24. The Bertz CT molecular complexity index is 510. The van der Waals surface area contributed by atoms with E-state index in [0.717, 1.165) is 13.0 Å². The van der Waals surface area contributed by atoms with Crippen LogP contribution in [0.5, 0.6) is 0 Å². The molecule has 0 aliphatic rings. The summed E-state index contributed by atoms with van der Waals surface area (Å²) >= 11 is 0. The van der Waals surface area contributed by atoms with Gasteiger partial charge in [0.15, 0.2) is 0 Å². The number of hydrogen-bond acceptors (Lipinski definition) is 4. The fourth-order valence-corrected chi connectivity index (χ4v) is 3.19. The van der Waals surface area contributed by atoms with Crippen LogP contribution in [0, 0.1) is 5.92 Å². The predicted molar refractivity (Wildman–Crippen MR) is 102 cm³/mol. The molecule has 0 heterocycles. The average molecular weight is 350 g/mol. The van der Waals surface area contributed by atoms with Crippen LogP contribution in [0.2, 0.25) is 0 Å². The zero-order valence-corrected chi connectivity index (χ0v) is 16.9. The van der Waals surface area contributed by atoms with Crippen LogP contribution in [-0.4, -0.2) is 42.8 Å². The van der Waals surface area contributed by atoms with Crippen LogP contribution >= 0.6 is 0 Å². The number of methoxy groups -OCH3 is 1. The van der Waals surface area contributed by atoms with Gasteiger partial charge in [-0.1, -0.05) is 50.6 Å². The molecule has 0 saturated carbocycles. The van der Waals surface area contributed by atoms with E-state index in [1.54, 1.807) is 7.11 Å². The number of carbonyl (C=O) groups excluding carboxylic acids is 1. The van der Waals surface area contributed by atoms with E-state index in [2.05, 4.69) is 50.1 Å². The van der Waals surface area contributed by atoms with Gasteiger partial charge < -0.3 is 9.47 Å². The lowest BCUT2D eigenvalue weighted by atomic mass is 9.91. The van der Waals surface area contributed by atoms with Crippen LogP contribution in [0.4, 0.5) is 0 Å². The molecule has 0 aliphatic carbocycles.